The molecule has 1 aromatic carbocycles. The largest absolute Gasteiger partial charge is 0.271 e. The number of hydrogen-bond donors (Lipinski definition) is 2. The van der Waals surface area contributed by atoms with Gasteiger partial charge in [0.15, 0.2) is 0 Å². The van der Waals surface area contributed by atoms with Crippen LogP contribution in [0.2, 0.25) is 5.02 Å². The van der Waals surface area contributed by atoms with Gasteiger partial charge in [-0.25, -0.2) is 4.39 Å². The molecule has 0 radical (unpaired) electrons. The zero-order valence-electron chi connectivity index (χ0n) is 10.5. The summed E-state index contributed by atoms with van der Waals surface area (Å²) in [5, 5.41) is 0.385. The Labute approximate surface area is 116 Å². The van der Waals surface area contributed by atoms with E-state index in [1.54, 1.807) is 18.3 Å². The minimum atomic E-state index is -0.325. The molecule has 0 bridgehead atoms. The second kappa shape index (κ2) is 6.10. The highest BCUT2D eigenvalue weighted by molar-refractivity contribution is 6.30. The summed E-state index contributed by atoms with van der Waals surface area (Å²) in [6.45, 7) is 1.90. The van der Waals surface area contributed by atoms with E-state index in [4.69, 9.17) is 17.4 Å². The topological polar surface area (TPSA) is 50.9 Å². The number of nitrogens with zero attached hydrogens (tertiary/aromatic N) is 1. The zero-order valence-corrected chi connectivity index (χ0v) is 11.3. The highest BCUT2D eigenvalue weighted by Gasteiger charge is 2.15. The Morgan fingerprint density at radius 2 is 2.21 bits per heavy atom. The van der Waals surface area contributed by atoms with Gasteiger partial charge in [-0.2, -0.15) is 0 Å². The minimum Gasteiger partial charge on any atom is -0.271 e. The molecule has 0 saturated heterocycles. The minimum absolute atomic E-state index is 0.190. The Kier molecular flexibility index (Phi) is 4.47. The van der Waals surface area contributed by atoms with Crippen molar-refractivity contribution in [1.29, 1.82) is 0 Å². The molecular weight excluding hydrogens is 265 g/mol. The number of halogens is 2. The molecule has 1 atom stereocenters. The Balaban J connectivity index is 2.27. The lowest BCUT2D eigenvalue weighted by atomic mass is 9.98. The monoisotopic (exact) mass is 279 g/mol. The summed E-state index contributed by atoms with van der Waals surface area (Å²) >= 11 is 5.74. The van der Waals surface area contributed by atoms with Crippen LogP contribution < -0.4 is 11.3 Å². The number of hydrazine groups is 1. The van der Waals surface area contributed by atoms with Crippen LogP contribution in [-0.2, 0) is 6.42 Å². The predicted octanol–water partition coefficient (Wildman–Crippen LogP) is 2.93. The van der Waals surface area contributed by atoms with E-state index in [1.165, 1.54) is 6.07 Å². The lowest BCUT2D eigenvalue weighted by Gasteiger charge is -2.18. The van der Waals surface area contributed by atoms with Crippen LogP contribution in [0, 0.1) is 12.7 Å². The first-order valence-corrected chi connectivity index (χ1v) is 6.31. The van der Waals surface area contributed by atoms with Crippen LogP contribution in [0.4, 0.5) is 4.39 Å². The molecule has 5 heteroatoms. The summed E-state index contributed by atoms with van der Waals surface area (Å²) in [6, 6.07) is 8.23. The summed E-state index contributed by atoms with van der Waals surface area (Å²) in [7, 11) is 0. The molecule has 2 rings (SSSR count). The number of nitrogens with one attached hydrogen (secondary N) is 1. The Hall–Kier alpha value is -1.49. The third-order valence-electron chi connectivity index (χ3n) is 3.06. The van der Waals surface area contributed by atoms with Gasteiger partial charge < -0.3 is 0 Å². The molecule has 1 unspecified atom stereocenters. The fourth-order valence-corrected chi connectivity index (χ4v) is 2.19. The van der Waals surface area contributed by atoms with Gasteiger partial charge in [-0.1, -0.05) is 23.7 Å². The summed E-state index contributed by atoms with van der Waals surface area (Å²) in [5.41, 5.74) is 5.11. The normalized spacial score (nSPS) is 12.4. The van der Waals surface area contributed by atoms with Crippen molar-refractivity contribution < 1.29 is 4.39 Å². The summed E-state index contributed by atoms with van der Waals surface area (Å²) < 4.78 is 13.8. The van der Waals surface area contributed by atoms with E-state index >= 15 is 0 Å². The molecule has 3 nitrogen and oxygen atoms in total. The maximum atomic E-state index is 13.8. The van der Waals surface area contributed by atoms with Crippen LogP contribution in [0.3, 0.4) is 0 Å². The van der Waals surface area contributed by atoms with Crippen molar-refractivity contribution in [2.45, 2.75) is 19.4 Å². The van der Waals surface area contributed by atoms with E-state index in [1.807, 2.05) is 19.1 Å². The van der Waals surface area contributed by atoms with Crippen molar-refractivity contribution in [2.75, 3.05) is 0 Å². The summed E-state index contributed by atoms with van der Waals surface area (Å²) in [6.07, 6.45) is 2.15. The number of aromatic nitrogens is 1. The smallest absolute Gasteiger partial charge is 0.127 e. The number of pyridine rings is 1. The second-order valence-electron chi connectivity index (χ2n) is 4.34. The van der Waals surface area contributed by atoms with Gasteiger partial charge in [-0.05, 0) is 42.7 Å². The van der Waals surface area contributed by atoms with Crippen molar-refractivity contribution in [3.63, 3.8) is 0 Å². The van der Waals surface area contributed by atoms with Crippen LogP contribution in [0.15, 0.2) is 36.5 Å². The van der Waals surface area contributed by atoms with E-state index in [-0.39, 0.29) is 11.9 Å². The average molecular weight is 280 g/mol. The number of rotatable bonds is 4. The van der Waals surface area contributed by atoms with Gasteiger partial charge in [-0.3, -0.25) is 16.3 Å². The first kappa shape index (κ1) is 13.9. The first-order chi connectivity index (χ1) is 9.11. The van der Waals surface area contributed by atoms with Gasteiger partial charge in [0.25, 0.3) is 0 Å². The van der Waals surface area contributed by atoms with Crippen molar-refractivity contribution in [3.05, 3.63) is 64.2 Å². The maximum absolute atomic E-state index is 13.8. The van der Waals surface area contributed by atoms with Crippen LogP contribution >= 0.6 is 11.6 Å². The van der Waals surface area contributed by atoms with Crippen LogP contribution in [0.1, 0.15) is 22.9 Å². The number of nitrogens with two attached hydrogens (primary N) is 1. The molecule has 100 valence electrons. The molecule has 0 aliphatic heterocycles. The molecule has 3 N–H and O–H groups in total. The molecule has 1 aromatic heterocycles. The standard InChI is InChI=1S/C14H15ClFN3/c1-9-12(3-2-6-18-9)14(19-17)7-10-4-5-11(15)8-13(10)16/h2-6,8,14,19H,7,17H2,1H3. The fourth-order valence-electron chi connectivity index (χ4n) is 2.03. The molecule has 0 spiro atoms. The summed E-state index contributed by atoms with van der Waals surface area (Å²) in [5.74, 6) is 5.25. The van der Waals surface area contributed by atoms with Gasteiger partial charge in [0.05, 0.1) is 6.04 Å². The molecule has 0 amide bonds. The number of aryl methyl sites for hydroxylation is 1. The van der Waals surface area contributed by atoms with Gasteiger partial charge in [0.2, 0.25) is 0 Å². The molecule has 19 heavy (non-hydrogen) atoms. The molecule has 0 aliphatic rings. The second-order valence-corrected chi connectivity index (χ2v) is 4.77. The molecule has 1 heterocycles. The molecular formula is C14H15ClFN3. The van der Waals surface area contributed by atoms with Crippen LogP contribution in [0.5, 0.6) is 0 Å². The van der Waals surface area contributed by atoms with Crippen molar-refractivity contribution in [3.8, 4) is 0 Å². The van der Waals surface area contributed by atoms with Crippen molar-refractivity contribution in [2.24, 2.45) is 5.84 Å². The highest BCUT2D eigenvalue weighted by Crippen LogP contribution is 2.23. The van der Waals surface area contributed by atoms with Crippen LogP contribution in [-0.4, -0.2) is 4.98 Å². The quantitative estimate of drug-likeness (QED) is 0.668. The third-order valence-corrected chi connectivity index (χ3v) is 3.30. The van der Waals surface area contributed by atoms with E-state index in [0.29, 0.717) is 17.0 Å². The van der Waals surface area contributed by atoms with E-state index < -0.39 is 0 Å². The fraction of sp³-hybridized carbons (Fsp3) is 0.214. The van der Waals surface area contributed by atoms with E-state index in [2.05, 4.69) is 10.4 Å². The van der Waals surface area contributed by atoms with Crippen molar-refractivity contribution >= 4 is 11.6 Å². The average Bonchev–Trinajstić information content (AvgIpc) is 2.39. The van der Waals surface area contributed by atoms with E-state index in [9.17, 15) is 4.39 Å². The van der Waals surface area contributed by atoms with Gasteiger partial charge >= 0.3 is 0 Å². The Morgan fingerprint density at radius 1 is 1.42 bits per heavy atom. The number of hydrogen-bond acceptors (Lipinski definition) is 3. The summed E-state index contributed by atoms with van der Waals surface area (Å²) in [4.78, 5) is 4.22. The van der Waals surface area contributed by atoms with E-state index in [0.717, 1.165) is 11.3 Å². The first-order valence-electron chi connectivity index (χ1n) is 5.93. The predicted molar refractivity (Wildman–Crippen MR) is 74.2 cm³/mol. The van der Waals surface area contributed by atoms with Gasteiger partial charge in [0.1, 0.15) is 5.82 Å². The molecule has 0 fully saturated rings. The Bertz CT molecular complexity index is 574. The lowest BCUT2D eigenvalue weighted by molar-refractivity contribution is 0.525. The molecule has 2 aromatic rings. The molecule has 0 saturated carbocycles. The zero-order chi connectivity index (χ0) is 13.8. The Morgan fingerprint density at radius 3 is 2.84 bits per heavy atom. The third kappa shape index (κ3) is 3.29. The van der Waals surface area contributed by atoms with Crippen molar-refractivity contribution in [1.82, 2.24) is 10.4 Å². The molecule has 0 aliphatic carbocycles. The van der Waals surface area contributed by atoms with Crippen LogP contribution in [0.25, 0.3) is 0 Å². The highest BCUT2D eigenvalue weighted by atomic mass is 35.5. The van der Waals surface area contributed by atoms with Gasteiger partial charge in [-0.15, -0.1) is 0 Å². The number of benzene rings is 1. The van der Waals surface area contributed by atoms with Gasteiger partial charge in [0, 0.05) is 16.9 Å². The maximum Gasteiger partial charge on any atom is 0.127 e. The SMILES string of the molecule is Cc1ncccc1C(Cc1ccc(Cl)cc1F)NN. The lowest BCUT2D eigenvalue weighted by Crippen LogP contribution is -2.30.